The molecule has 0 bridgehead atoms. The van der Waals surface area contributed by atoms with Crippen LogP contribution in [0.1, 0.15) is 0 Å². The van der Waals surface area contributed by atoms with Crippen LogP contribution in [0.25, 0.3) is 0 Å². The Labute approximate surface area is 68.1 Å². The summed E-state index contributed by atoms with van der Waals surface area (Å²) in [5.74, 6) is 0.0726. The number of rotatable bonds is 5. The van der Waals surface area contributed by atoms with Crippen molar-refractivity contribution in [2.75, 3.05) is 33.7 Å². The highest BCUT2D eigenvalue weighted by atomic mass is 16.1. The highest BCUT2D eigenvalue weighted by molar-refractivity contribution is 5.90. The van der Waals surface area contributed by atoms with Crippen molar-refractivity contribution in [1.29, 1.82) is 0 Å². The molecule has 0 spiro atoms. The first-order valence-electron chi connectivity index (χ1n) is 3.69. The summed E-state index contributed by atoms with van der Waals surface area (Å²) in [7, 11) is 3.96. The summed E-state index contributed by atoms with van der Waals surface area (Å²) >= 11 is 0. The fourth-order valence-electron chi connectivity index (χ4n) is 0.915. The van der Waals surface area contributed by atoms with Gasteiger partial charge >= 0.3 is 0 Å². The number of nitrogens with two attached hydrogens (primary N) is 1. The summed E-state index contributed by atoms with van der Waals surface area (Å²) in [5.41, 5.74) is 5.38. The Balaban J connectivity index is 3.89. The normalized spacial score (nSPS) is 11.2. The number of hydrogen-bond donors (Lipinski definition) is 1. The van der Waals surface area contributed by atoms with E-state index in [0.717, 1.165) is 6.54 Å². The number of ketones is 1. The van der Waals surface area contributed by atoms with Gasteiger partial charge in [-0.2, -0.15) is 0 Å². The van der Waals surface area contributed by atoms with E-state index in [9.17, 15) is 4.79 Å². The van der Waals surface area contributed by atoms with Crippen LogP contribution in [-0.4, -0.2) is 44.0 Å². The van der Waals surface area contributed by atoms with E-state index >= 15 is 0 Å². The first kappa shape index (κ1) is 10.3. The van der Waals surface area contributed by atoms with Crippen LogP contribution in [0.5, 0.6) is 0 Å². The molecular weight excluding hydrogens is 140 g/mol. The lowest BCUT2D eigenvalue weighted by atomic mass is 10.3. The van der Waals surface area contributed by atoms with Crippen molar-refractivity contribution in [3.63, 3.8) is 0 Å². The quantitative estimate of drug-likeness (QED) is 0.443. The maximum absolute atomic E-state index is 10.9. The largest absolute Gasteiger partial charge is 0.326 e. The molecule has 0 aromatic rings. The summed E-state index contributed by atoms with van der Waals surface area (Å²) in [6, 6.07) is 0. The van der Waals surface area contributed by atoms with Crippen LogP contribution in [0.4, 0.5) is 0 Å². The molecule has 0 aliphatic carbocycles. The van der Waals surface area contributed by atoms with Crippen LogP contribution in [0, 0.1) is 0 Å². The second-order valence-corrected chi connectivity index (χ2v) is 3.28. The van der Waals surface area contributed by atoms with E-state index < -0.39 is 0 Å². The SMILES string of the molecule is C=CC(=O)C[N+](C)(C)CCN. The maximum atomic E-state index is 10.9. The Morgan fingerprint density at radius 3 is 2.55 bits per heavy atom. The van der Waals surface area contributed by atoms with Crippen LogP contribution in [-0.2, 0) is 4.79 Å². The average molecular weight is 157 g/mol. The van der Waals surface area contributed by atoms with Crippen LogP contribution >= 0.6 is 0 Å². The van der Waals surface area contributed by atoms with Gasteiger partial charge < -0.3 is 10.2 Å². The van der Waals surface area contributed by atoms with Gasteiger partial charge in [0.05, 0.1) is 20.6 Å². The summed E-state index contributed by atoms with van der Waals surface area (Å²) in [5, 5.41) is 0. The molecular formula is C8H17N2O+. The summed E-state index contributed by atoms with van der Waals surface area (Å²) in [4.78, 5) is 10.9. The standard InChI is InChI=1S/C8H17N2O/c1-4-8(11)7-10(2,3)6-5-9/h4H,1,5-7,9H2,2-3H3/q+1. The summed E-state index contributed by atoms with van der Waals surface area (Å²) in [6.07, 6.45) is 1.36. The van der Waals surface area contributed by atoms with E-state index in [4.69, 9.17) is 5.73 Å². The van der Waals surface area contributed by atoms with Crippen molar-refractivity contribution in [2.24, 2.45) is 5.73 Å². The molecule has 0 amide bonds. The van der Waals surface area contributed by atoms with Gasteiger partial charge in [-0.25, -0.2) is 0 Å². The number of hydrogen-bond acceptors (Lipinski definition) is 2. The van der Waals surface area contributed by atoms with Crippen molar-refractivity contribution >= 4 is 5.78 Å². The minimum absolute atomic E-state index is 0.0726. The molecule has 3 nitrogen and oxygen atoms in total. The molecule has 3 heteroatoms. The smallest absolute Gasteiger partial charge is 0.209 e. The van der Waals surface area contributed by atoms with Gasteiger partial charge in [0.25, 0.3) is 0 Å². The second kappa shape index (κ2) is 4.26. The average Bonchev–Trinajstić information content (AvgIpc) is 1.86. The molecule has 0 fully saturated rings. The van der Waals surface area contributed by atoms with Gasteiger partial charge in [-0.1, -0.05) is 6.58 Å². The molecule has 0 unspecified atom stereocenters. The molecule has 0 heterocycles. The number of quaternary nitrogens is 1. The lowest BCUT2D eigenvalue weighted by Gasteiger charge is -2.27. The van der Waals surface area contributed by atoms with Gasteiger partial charge in [0.15, 0.2) is 0 Å². The Morgan fingerprint density at radius 1 is 1.64 bits per heavy atom. The maximum Gasteiger partial charge on any atom is 0.209 e. The van der Waals surface area contributed by atoms with Crippen LogP contribution in [0.15, 0.2) is 12.7 Å². The fraction of sp³-hybridized carbons (Fsp3) is 0.625. The molecule has 2 N–H and O–H groups in total. The van der Waals surface area contributed by atoms with Gasteiger partial charge in [0.2, 0.25) is 5.78 Å². The van der Waals surface area contributed by atoms with Gasteiger partial charge in [0.1, 0.15) is 6.54 Å². The zero-order valence-electron chi connectivity index (χ0n) is 7.34. The molecule has 0 atom stereocenters. The van der Waals surface area contributed by atoms with Crippen LogP contribution in [0.3, 0.4) is 0 Å². The van der Waals surface area contributed by atoms with Crippen molar-refractivity contribution in [3.8, 4) is 0 Å². The minimum Gasteiger partial charge on any atom is -0.326 e. The number of likely N-dealkylation sites (N-methyl/N-ethyl adjacent to an activating group) is 1. The third kappa shape index (κ3) is 4.70. The number of carbonyl (C=O) groups is 1. The predicted octanol–water partition coefficient (Wildman–Crippen LogP) is -0.223. The molecule has 0 saturated carbocycles. The molecule has 0 rings (SSSR count). The van der Waals surface area contributed by atoms with Gasteiger partial charge in [-0.05, 0) is 6.08 Å². The molecule has 0 aliphatic rings. The topological polar surface area (TPSA) is 43.1 Å². The highest BCUT2D eigenvalue weighted by Crippen LogP contribution is 1.95. The summed E-state index contributed by atoms with van der Waals surface area (Å²) in [6.45, 7) is 5.33. The van der Waals surface area contributed by atoms with Gasteiger partial charge in [-0.15, -0.1) is 0 Å². The number of nitrogens with zero attached hydrogens (tertiary/aromatic N) is 1. The number of carbonyl (C=O) groups excluding carboxylic acids is 1. The first-order valence-corrected chi connectivity index (χ1v) is 3.69. The van der Waals surface area contributed by atoms with E-state index in [1.807, 2.05) is 14.1 Å². The van der Waals surface area contributed by atoms with E-state index in [0.29, 0.717) is 17.6 Å². The third-order valence-electron chi connectivity index (χ3n) is 1.55. The van der Waals surface area contributed by atoms with E-state index in [-0.39, 0.29) is 5.78 Å². The molecule has 0 radical (unpaired) electrons. The zero-order valence-corrected chi connectivity index (χ0v) is 7.34. The second-order valence-electron chi connectivity index (χ2n) is 3.28. The fourth-order valence-corrected chi connectivity index (χ4v) is 0.915. The highest BCUT2D eigenvalue weighted by Gasteiger charge is 2.16. The van der Waals surface area contributed by atoms with E-state index in [1.54, 1.807) is 0 Å². The lowest BCUT2D eigenvalue weighted by Crippen LogP contribution is -2.46. The lowest BCUT2D eigenvalue weighted by molar-refractivity contribution is -0.880. The molecule has 0 aromatic carbocycles. The Kier molecular flexibility index (Phi) is 4.00. The minimum atomic E-state index is 0.0726. The third-order valence-corrected chi connectivity index (χ3v) is 1.55. The first-order chi connectivity index (χ1) is 5.02. The molecule has 0 saturated heterocycles. The molecule has 11 heavy (non-hydrogen) atoms. The van der Waals surface area contributed by atoms with Crippen LogP contribution in [0.2, 0.25) is 0 Å². The Bertz CT molecular complexity index is 152. The van der Waals surface area contributed by atoms with E-state index in [2.05, 4.69) is 6.58 Å². The Hall–Kier alpha value is -0.670. The predicted molar refractivity (Wildman–Crippen MR) is 46.1 cm³/mol. The molecule has 0 aromatic heterocycles. The van der Waals surface area contributed by atoms with Gasteiger partial charge in [0, 0.05) is 6.54 Å². The zero-order chi connectivity index (χ0) is 8.91. The Morgan fingerprint density at radius 2 is 2.18 bits per heavy atom. The van der Waals surface area contributed by atoms with Crippen LogP contribution < -0.4 is 5.73 Å². The molecule has 64 valence electrons. The van der Waals surface area contributed by atoms with E-state index in [1.165, 1.54) is 6.08 Å². The van der Waals surface area contributed by atoms with Gasteiger partial charge in [-0.3, -0.25) is 4.79 Å². The molecule has 0 aliphatic heterocycles. The van der Waals surface area contributed by atoms with Crippen molar-refractivity contribution in [2.45, 2.75) is 0 Å². The summed E-state index contributed by atoms with van der Waals surface area (Å²) < 4.78 is 0.640. The van der Waals surface area contributed by atoms with Crippen molar-refractivity contribution in [3.05, 3.63) is 12.7 Å². The van der Waals surface area contributed by atoms with Crippen molar-refractivity contribution in [1.82, 2.24) is 0 Å². The monoisotopic (exact) mass is 157 g/mol. The van der Waals surface area contributed by atoms with Crippen molar-refractivity contribution < 1.29 is 9.28 Å².